The minimum Gasteiger partial charge on any atom is -0.438 e. The molecule has 5 atom stereocenters. The van der Waals surface area contributed by atoms with Gasteiger partial charge in [-0.1, -0.05) is 51.1 Å². The van der Waals surface area contributed by atoms with Crippen LogP contribution < -0.4 is 0 Å². The fourth-order valence-electron chi connectivity index (χ4n) is 2.74. The molecule has 0 spiro atoms. The molecule has 0 aliphatic carbocycles. The van der Waals surface area contributed by atoms with Gasteiger partial charge in [-0.2, -0.15) is 0 Å². The van der Waals surface area contributed by atoms with Crippen LogP contribution in [0.3, 0.4) is 0 Å². The third-order valence-electron chi connectivity index (χ3n) is 4.23. The van der Waals surface area contributed by atoms with Gasteiger partial charge in [0.1, 0.15) is 36.8 Å². The largest absolute Gasteiger partial charge is 0.508 e. The molecule has 2 rings (SSSR count). The van der Waals surface area contributed by atoms with Gasteiger partial charge in [-0.05, 0) is 18.9 Å². The van der Waals surface area contributed by atoms with Gasteiger partial charge in [0.25, 0.3) is 0 Å². The van der Waals surface area contributed by atoms with Crippen LogP contribution in [0.2, 0.25) is 0 Å². The summed E-state index contributed by atoms with van der Waals surface area (Å²) in [6.07, 6.45) is -4.45. The van der Waals surface area contributed by atoms with Crippen LogP contribution in [-0.4, -0.2) is 71.5 Å². The van der Waals surface area contributed by atoms with Crippen molar-refractivity contribution in [3.8, 4) is 0 Å². The third-order valence-corrected chi connectivity index (χ3v) is 4.23. The van der Waals surface area contributed by atoms with Gasteiger partial charge in [-0.25, -0.2) is 4.79 Å². The maximum absolute atomic E-state index is 11.0. The lowest BCUT2D eigenvalue weighted by Crippen LogP contribution is -2.59. The lowest BCUT2D eigenvalue weighted by atomic mass is 9.92. The molecule has 1 saturated heterocycles. The number of methoxy groups -OCH3 is 1. The van der Waals surface area contributed by atoms with Crippen LogP contribution >= 0.6 is 0 Å². The summed E-state index contributed by atoms with van der Waals surface area (Å²) < 4.78 is 14.7. The Bertz CT molecular complexity index is 592. The molecule has 1 heterocycles. The van der Waals surface area contributed by atoms with Gasteiger partial charge in [0, 0.05) is 12.8 Å². The highest BCUT2D eigenvalue weighted by molar-refractivity contribution is 5.75. The van der Waals surface area contributed by atoms with E-state index in [0.717, 1.165) is 25.5 Å². The normalized spacial score (nSPS) is 25.0. The SMILES string of the molecule is CC.CCCC(C)=O.COC(=O)OCC1OC(Cc2ccccc2)C(O)C(O)C1O. The van der Waals surface area contributed by atoms with E-state index in [1.54, 1.807) is 6.92 Å². The van der Waals surface area contributed by atoms with Crippen LogP contribution in [0, 0.1) is 0 Å². The molecule has 5 unspecified atom stereocenters. The Morgan fingerprint density at radius 1 is 1.00 bits per heavy atom. The van der Waals surface area contributed by atoms with E-state index >= 15 is 0 Å². The van der Waals surface area contributed by atoms with E-state index in [2.05, 4.69) is 4.74 Å². The topological polar surface area (TPSA) is 123 Å². The molecule has 3 N–H and O–H groups in total. The fraction of sp³-hybridized carbons (Fsp3) is 0.636. The van der Waals surface area contributed by atoms with Gasteiger partial charge in [-0.3, -0.25) is 0 Å². The van der Waals surface area contributed by atoms with E-state index in [1.807, 2.05) is 51.1 Å². The molecule has 1 aliphatic heterocycles. The number of aliphatic hydroxyl groups excluding tert-OH is 3. The number of ether oxygens (including phenoxy) is 3. The molecular formula is C22H36O8. The summed E-state index contributed by atoms with van der Waals surface area (Å²) in [5.74, 6) is 0.289. The average Bonchev–Trinajstić information content (AvgIpc) is 2.75. The average molecular weight is 429 g/mol. The molecule has 0 amide bonds. The fourth-order valence-corrected chi connectivity index (χ4v) is 2.74. The number of carbonyl (C=O) groups excluding carboxylic acids is 2. The van der Waals surface area contributed by atoms with Crippen LogP contribution in [0.4, 0.5) is 4.79 Å². The van der Waals surface area contributed by atoms with Crippen molar-refractivity contribution >= 4 is 11.9 Å². The predicted molar refractivity (Wildman–Crippen MR) is 112 cm³/mol. The standard InChI is InChI=1S/C15H20O7.C5H10O.C2H6/c1-20-15(19)21-8-11-13(17)14(18)12(16)10(22-11)7-9-5-3-2-4-6-9;1-3-4-5(2)6;1-2/h2-6,10-14,16-18H,7-8H2,1H3;3-4H2,1-2H3;1-2H3. The van der Waals surface area contributed by atoms with Crippen molar-refractivity contribution in [3.63, 3.8) is 0 Å². The van der Waals surface area contributed by atoms with Crippen molar-refractivity contribution in [2.75, 3.05) is 13.7 Å². The van der Waals surface area contributed by atoms with Crippen molar-refractivity contribution in [2.24, 2.45) is 0 Å². The zero-order valence-corrected chi connectivity index (χ0v) is 18.5. The molecule has 0 aromatic heterocycles. The Balaban J connectivity index is 0.000000905. The molecule has 30 heavy (non-hydrogen) atoms. The molecule has 1 aromatic carbocycles. The van der Waals surface area contributed by atoms with Crippen LogP contribution in [-0.2, 0) is 25.4 Å². The van der Waals surface area contributed by atoms with E-state index in [0.29, 0.717) is 6.42 Å². The summed E-state index contributed by atoms with van der Waals surface area (Å²) in [6.45, 7) is 7.34. The number of carbonyl (C=O) groups is 2. The van der Waals surface area contributed by atoms with Gasteiger partial charge in [0.15, 0.2) is 0 Å². The molecule has 0 saturated carbocycles. The van der Waals surface area contributed by atoms with Gasteiger partial charge in [-0.15, -0.1) is 0 Å². The van der Waals surface area contributed by atoms with Crippen molar-refractivity contribution in [3.05, 3.63) is 35.9 Å². The molecular weight excluding hydrogens is 392 g/mol. The first kappa shape index (κ1) is 28.0. The monoisotopic (exact) mass is 428 g/mol. The molecule has 1 aliphatic rings. The molecule has 8 heteroatoms. The highest BCUT2D eigenvalue weighted by Gasteiger charge is 2.44. The third kappa shape index (κ3) is 10.2. The van der Waals surface area contributed by atoms with Crippen LogP contribution in [0.5, 0.6) is 0 Å². The Labute approximate surface area is 178 Å². The minimum absolute atomic E-state index is 0.275. The highest BCUT2D eigenvalue weighted by Crippen LogP contribution is 2.24. The van der Waals surface area contributed by atoms with Gasteiger partial charge in [0.2, 0.25) is 0 Å². The summed E-state index contributed by atoms with van der Waals surface area (Å²) in [5.41, 5.74) is 0.919. The second-order valence-electron chi connectivity index (χ2n) is 6.59. The van der Waals surface area contributed by atoms with Crippen LogP contribution in [0.1, 0.15) is 46.1 Å². The summed E-state index contributed by atoms with van der Waals surface area (Å²) >= 11 is 0. The maximum Gasteiger partial charge on any atom is 0.508 e. The molecule has 1 aromatic rings. The smallest absolute Gasteiger partial charge is 0.438 e. The zero-order chi connectivity index (χ0) is 23.1. The molecule has 0 radical (unpaired) electrons. The van der Waals surface area contributed by atoms with Gasteiger partial charge in [0.05, 0.1) is 13.2 Å². The summed E-state index contributed by atoms with van der Waals surface area (Å²) in [4.78, 5) is 21.0. The first-order valence-electron chi connectivity index (χ1n) is 10.2. The highest BCUT2D eigenvalue weighted by atomic mass is 16.7. The maximum atomic E-state index is 11.0. The van der Waals surface area contributed by atoms with E-state index in [4.69, 9.17) is 9.47 Å². The first-order chi connectivity index (χ1) is 14.3. The Kier molecular flexibility index (Phi) is 14.7. The quantitative estimate of drug-likeness (QED) is 0.590. The van der Waals surface area contributed by atoms with Crippen molar-refractivity contribution in [1.82, 2.24) is 0 Å². The predicted octanol–water partition coefficient (Wildman–Crippen LogP) is 2.26. The van der Waals surface area contributed by atoms with E-state index in [1.165, 1.54) is 0 Å². The molecule has 0 bridgehead atoms. The summed E-state index contributed by atoms with van der Waals surface area (Å²) in [6, 6.07) is 9.31. The number of rotatable bonds is 6. The van der Waals surface area contributed by atoms with E-state index < -0.39 is 36.7 Å². The number of hydrogen-bond donors (Lipinski definition) is 3. The first-order valence-corrected chi connectivity index (χ1v) is 10.2. The van der Waals surface area contributed by atoms with E-state index in [9.17, 15) is 24.9 Å². The minimum atomic E-state index is -1.38. The number of Topliss-reactive ketones (excluding diaryl/α,β-unsaturated/α-hetero) is 1. The van der Waals surface area contributed by atoms with Gasteiger partial charge >= 0.3 is 6.16 Å². The second kappa shape index (κ2) is 15.8. The molecule has 1 fully saturated rings. The van der Waals surface area contributed by atoms with Crippen molar-refractivity contribution in [1.29, 1.82) is 0 Å². The number of ketones is 1. The lowest BCUT2D eigenvalue weighted by molar-refractivity contribution is -0.229. The van der Waals surface area contributed by atoms with E-state index in [-0.39, 0.29) is 12.4 Å². The van der Waals surface area contributed by atoms with Crippen LogP contribution in [0.15, 0.2) is 30.3 Å². The lowest BCUT2D eigenvalue weighted by Gasteiger charge is -2.40. The zero-order valence-electron chi connectivity index (χ0n) is 18.5. The Morgan fingerprint density at radius 3 is 2.03 bits per heavy atom. The Hall–Kier alpha value is -2.00. The van der Waals surface area contributed by atoms with Gasteiger partial charge < -0.3 is 34.3 Å². The number of aliphatic hydroxyl groups is 3. The molecule has 172 valence electrons. The number of hydrogen-bond acceptors (Lipinski definition) is 8. The summed E-state index contributed by atoms with van der Waals surface area (Å²) in [5, 5.41) is 29.9. The van der Waals surface area contributed by atoms with Crippen molar-refractivity contribution < 1.29 is 39.1 Å². The molecule has 8 nitrogen and oxygen atoms in total. The second-order valence-corrected chi connectivity index (χ2v) is 6.59. The number of benzene rings is 1. The van der Waals surface area contributed by atoms with Crippen molar-refractivity contribution in [2.45, 2.75) is 77.5 Å². The summed E-state index contributed by atoms with van der Waals surface area (Å²) in [7, 11) is 1.16. The van der Waals surface area contributed by atoms with Crippen LogP contribution in [0.25, 0.3) is 0 Å². The Morgan fingerprint density at radius 2 is 1.57 bits per heavy atom.